The third-order valence-corrected chi connectivity index (χ3v) is 6.75. The zero-order valence-electron chi connectivity index (χ0n) is 18.0. The zero-order chi connectivity index (χ0) is 21.0. The number of ether oxygens (including phenoxy) is 1. The molecule has 1 heterocycles. The first-order chi connectivity index (χ1) is 14.6. The van der Waals surface area contributed by atoms with Gasteiger partial charge in [-0.3, -0.25) is 9.69 Å². The maximum absolute atomic E-state index is 12.7. The Hall–Kier alpha value is -2.12. The first-order valence-electron chi connectivity index (χ1n) is 11.3. The van der Waals surface area contributed by atoms with Crippen LogP contribution in [-0.4, -0.2) is 55.2 Å². The monoisotopic (exact) mass is 414 g/mol. The van der Waals surface area contributed by atoms with Crippen molar-refractivity contribution in [1.82, 2.24) is 10.2 Å². The second kappa shape index (κ2) is 9.35. The second-order valence-electron chi connectivity index (χ2n) is 8.99. The van der Waals surface area contributed by atoms with Crippen LogP contribution in [0.2, 0.25) is 0 Å². The van der Waals surface area contributed by atoms with Crippen LogP contribution in [0.4, 0.5) is 16.2 Å². The summed E-state index contributed by atoms with van der Waals surface area (Å²) in [5.74, 6) is 0.219. The van der Waals surface area contributed by atoms with Gasteiger partial charge >= 0.3 is 6.03 Å². The van der Waals surface area contributed by atoms with E-state index >= 15 is 0 Å². The number of nitrogens with one attached hydrogen (secondary N) is 3. The molecule has 3 aliphatic rings. The average Bonchev–Trinajstić information content (AvgIpc) is 3.62. The normalized spacial score (nSPS) is 21.6. The van der Waals surface area contributed by atoms with Crippen LogP contribution >= 0.6 is 0 Å². The van der Waals surface area contributed by atoms with Crippen molar-refractivity contribution >= 4 is 23.3 Å². The molecule has 0 radical (unpaired) electrons. The van der Waals surface area contributed by atoms with Gasteiger partial charge in [0, 0.05) is 42.5 Å². The third kappa shape index (κ3) is 5.13. The van der Waals surface area contributed by atoms with Gasteiger partial charge in [0.2, 0.25) is 5.91 Å². The van der Waals surface area contributed by atoms with Crippen molar-refractivity contribution < 1.29 is 14.3 Å². The highest BCUT2D eigenvalue weighted by Gasteiger charge is 2.38. The van der Waals surface area contributed by atoms with Crippen molar-refractivity contribution in [2.75, 3.05) is 43.5 Å². The first-order valence-corrected chi connectivity index (χ1v) is 11.3. The number of morpholine rings is 1. The molecule has 7 heteroatoms. The van der Waals surface area contributed by atoms with Crippen LogP contribution in [0.1, 0.15) is 50.5 Å². The number of aryl methyl sites for hydroxylation is 1. The number of urea groups is 1. The summed E-state index contributed by atoms with van der Waals surface area (Å²) in [6.07, 6.45) is 7.87. The number of nitrogens with zero attached hydrogens (tertiary/aromatic N) is 1. The lowest BCUT2D eigenvalue weighted by atomic mass is 9.80. The number of anilines is 2. The highest BCUT2D eigenvalue weighted by atomic mass is 16.5. The van der Waals surface area contributed by atoms with E-state index in [1.807, 2.05) is 25.1 Å². The molecule has 1 aromatic carbocycles. The molecular weight excluding hydrogens is 380 g/mol. The largest absolute Gasteiger partial charge is 0.379 e. The minimum absolute atomic E-state index is 0.0362. The van der Waals surface area contributed by atoms with Crippen molar-refractivity contribution in [2.45, 2.75) is 57.4 Å². The van der Waals surface area contributed by atoms with Crippen LogP contribution in [0.15, 0.2) is 18.2 Å². The molecule has 2 aliphatic carbocycles. The maximum atomic E-state index is 12.7. The molecule has 3 N–H and O–H groups in total. The van der Waals surface area contributed by atoms with Crippen molar-refractivity contribution in [1.29, 1.82) is 0 Å². The molecule has 1 aromatic rings. The maximum Gasteiger partial charge on any atom is 0.319 e. The number of rotatable bonds is 6. The van der Waals surface area contributed by atoms with Crippen molar-refractivity contribution in [3.63, 3.8) is 0 Å². The summed E-state index contributed by atoms with van der Waals surface area (Å²) < 4.78 is 5.54. The number of carbonyl (C=O) groups excluding carboxylic acids is 2. The molecule has 164 valence electrons. The Morgan fingerprint density at radius 2 is 1.83 bits per heavy atom. The molecule has 1 aliphatic heterocycles. The summed E-state index contributed by atoms with van der Waals surface area (Å²) in [7, 11) is 0. The Morgan fingerprint density at radius 3 is 2.53 bits per heavy atom. The van der Waals surface area contributed by atoms with Gasteiger partial charge in [-0.2, -0.15) is 0 Å². The van der Waals surface area contributed by atoms with Gasteiger partial charge in [0.1, 0.15) is 0 Å². The van der Waals surface area contributed by atoms with E-state index < -0.39 is 0 Å². The SMILES string of the molecule is Cc1ccc(NC(=O)C2CC2)cc1NC(=O)NCC1(N2CCOCC2)CCCCC1. The fourth-order valence-electron chi connectivity index (χ4n) is 4.69. The number of amides is 3. The van der Waals surface area contributed by atoms with Gasteiger partial charge in [0.05, 0.1) is 13.2 Å². The number of hydrogen-bond donors (Lipinski definition) is 3. The van der Waals surface area contributed by atoms with Gasteiger partial charge in [0.25, 0.3) is 0 Å². The van der Waals surface area contributed by atoms with Crippen LogP contribution in [-0.2, 0) is 9.53 Å². The Balaban J connectivity index is 1.36. The molecule has 0 atom stereocenters. The molecule has 3 fully saturated rings. The lowest BCUT2D eigenvalue weighted by molar-refractivity contribution is -0.117. The number of hydrogen-bond acceptors (Lipinski definition) is 4. The molecule has 0 bridgehead atoms. The summed E-state index contributed by atoms with van der Waals surface area (Å²) >= 11 is 0. The summed E-state index contributed by atoms with van der Waals surface area (Å²) in [6.45, 7) is 6.02. The van der Waals surface area contributed by atoms with E-state index in [0.717, 1.165) is 68.9 Å². The van der Waals surface area contributed by atoms with Gasteiger partial charge in [-0.1, -0.05) is 25.3 Å². The standard InChI is InChI=1S/C23H34N4O3/c1-17-5-8-19(25-21(28)18-6-7-18)15-20(17)26-22(29)24-16-23(9-3-2-4-10-23)27-11-13-30-14-12-27/h5,8,15,18H,2-4,6-7,9-14,16H2,1H3,(H,25,28)(H2,24,26,29). The van der Waals surface area contributed by atoms with Crippen molar-refractivity contribution in [3.8, 4) is 0 Å². The first kappa shape index (κ1) is 21.1. The second-order valence-corrected chi connectivity index (χ2v) is 8.99. The summed E-state index contributed by atoms with van der Waals surface area (Å²) in [4.78, 5) is 27.3. The molecule has 0 spiro atoms. The quantitative estimate of drug-likeness (QED) is 0.665. The molecule has 0 unspecified atom stereocenters. The summed E-state index contributed by atoms with van der Waals surface area (Å²) in [5.41, 5.74) is 2.46. The minimum atomic E-state index is -0.193. The Morgan fingerprint density at radius 1 is 1.10 bits per heavy atom. The zero-order valence-corrected chi connectivity index (χ0v) is 18.0. The predicted molar refractivity (Wildman–Crippen MR) is 118 cm³/mol. The fraction of sp³-hybridized carbons (Fsp3) is 0.652. The Labute approximate surface area is 178 Å². The van der Waals surface area contributed by atoms with Gasteiger partial charge < -0.3 is 20.7 Å². The fourth-order valence-corrected chi connectivity index (χ4v) is 4.69. The van der Waals surface area contributed by atoms with Gasteiger partial charge in [-0.05, 0) is 50.3 Å². The van der Waals surface area contributed by atoms with Crippen LogP contribution in [0.5, 0.6) is 0 Å². The molecule has 0 aromatic heterocycles. The number of benzene rings is 1. The molecule has 30 heavy (non-hydrogen) atoms. The molecule has 1 saturated heterocycles. The van der Waals surface area contributed by atoms with Gasteiger partial charge in [-0.25, -0.2) is 4.79 Å². The summed E-state index contributed by atoms with van der Waals surface area (Å²) in [6, 6.07) is 5.46. The molecule has 7 nitrogen and oxygen atoms in total. The molecular formula is C23H34N4O3. The van der Waals surface area contributed by atoms with Gasteiger partial charge in [-0.15, -0.1) is 0 Å². The van der Waals surface area contributed by atoms with E-state index in [2.05, 4.69) is 20.9 Å². The lowest BCUT2D eigenvalue weighted by Gasteiger charge is -2.48. The highest BCUT2D eigenvalue weighted by Crippen LogP contribution is 2.34. The molecule has 4 rings (SSSR count). The van der Waals surface area contributed by atoms with E-state index in [4.69, 9.17) is 4.74 Å². The Kier molecular flexibility index (Phi) is 6.58. The Bertz CT molecular complexity index is 766. The minimum Gasteiger partial charge on any atom is -0.379 e. The summed E-state index contributed by atoms with van der Waals surface area (Å²) in [5, 5.41) is 9.07. The van der Waals surface area contributed by atoms with Crippen LogP contribution in [0.25, 0.3) is 0 Å². The highest BCUT2D eigenvalue weighted by molar-refractivity contribution is 5.96. The number of carbonyl (C=O) groups is 2. The van der Waals surface area contributed by atoms with Crippen molar-refractivity contribution in [2.24, 2.45) is 5.92 Å². The average molecular weight is 415 g/mol. The van der Waals surface area contributed by atoms with Crippen LogP contribution < -0.4 is 16.0 Å². The molecule has 2 saturated carbocycles. The topological polar surface area (TPSA) is 82.7 Å². The van der Waals surface area contributed by atoms with Crippen molar-refractivity contribution in [3.05, 3.63) is 23.8 Å². The van der Waals surface area contributed by atoms with Gasteiger partial charge in [0.15, 0.2) is 0 Å². The predicted octanol–water partition coefficient (Wildman–Crippen LogP) is 3.50. The van der Waals surface area contributed by atoms with E-state index in [0.29, 0.717) is 6.54 Å². The van der Waals surface area contributed by atoms with E-state index in [9.17, 15) is 9.59 Å². The third-order valence-electron chi connectivity index (χ3n) is 6.75. The lowest BCUT2D eigenvalue weighted by Crippen LogP contribution is -2.60. The van der Waals surface area contributed by atoms with E-state index in [1.165, 1.54) is 19.3 Å². The molecule has 3 amide bonds. The van der Waals surface area contributed by atoms with Crippen LogP contribution in [0, 0.1) is 12.8 Å². The van der Waals surface area contributed by atoms with Crippen LogP contribution in [0.3, 0.4) is 0 Å². The smallest absolute Gasteiger partial charge is 0.319 e. The van der Waals surface area contributed by atoms with E-state index in [1.54, 1.807) is 0 Å². The van der Waals surface area contributed by atoms with E-state index in [-0.39, 0.29) is 23.4 Å².